The van der Waals surface area contributed by atoms with Crippen molar-refractivity contribution in [1.29, 1.82) is 0 Å². The minimum Gasteiger partial charge on any atom is -0.453 e. The minimum atomic E-state index is -4.83. The molecule has 34 heavy (non-hydrogen) atoms. The van der Waals surface area contributed by atoms with Gasteiger partial charge in [-0.3, -0.25) is 9.78 Å². The molecule has 1 unspecified atom stereocenters. The second-order valence-corrected chi connectivity index (χ2v) is 7.46. The lowest BCUT2D eigenvalue weighted by atomic mass is 10.1. The summed E-state index contributed by atoms with van der Waals surface area (Å²) >= 11 is 0. The molecule has 0 aliphatic rings. The van der Waals surface area contributed by atoms with Crippen LogP contribution in [-0.2, 0) is 4.74 Å². The largest absolute Gasteiger partial charge is 0.573 e. The van der Waals surface area contributed by atoms with Crippen molar-refractivity contribution in [3.63, 3.8) is 0 Å². The molecule has 0 saturated heterocycles. The molecule has 0 radical (unpaired) electrons. The lowest BCUT2D eigenvalue weighted by molar-refractivity contribution is -0.275. The summed E-state index contributed by atoms with van der Waals surface area (Å²) < 4.78 is 52.9. The molecule has 0 saturated carbocycles. The van der Waals surface area contributed by atoms with Gasteiger partial charge in [0.15, 0.2) is 11.5 Å². The van der Waals surface area contributed by atoms with Gasteiger partial charge >= 0.3 is 6.36 Å². The number of benzene rings is 2. The normalized spacial score (nSPS) is 12.2. The summed E-state index contributed by atoms with van der Waals surface area (Å²) in [5.41, 5.74) is 2.23. The zero-order valence-corrected chi connectivity index (χ0v) is 19.0. The first-order valence-corrected chi connectivity index (χ1v) is 10.7. The van der Waals surface area contributed by atoms with Crippen LogP contribution >= 0.6 is 0 Å². The van der Waals surface area contributed by atoms with E-state index < -0.39 is 12.1 Å². The highest BCUT2D eigenvalue weighted by Gasteiger charge is 2.32. The monoisotopic (exact) mass is 474 g/mol. The maximum Gasteiger partial charge on any atom is 0.573 e. The van der Waals surface area contributed by atoms with Crippen LogP contribution in [0.25, 0.3) is 0 Å². The molecule has 1 heterocycles. The second kappa shape index (κ2) is 11.0. The zero-order valence-electron chi connectivity index (χ0n) is 19.0. The van der Waals surface area contributed by atoms with Gasteiger partial charge < -0.3 is 19.5 Å². The van der Waals surface area contributed by atoms with E-state index in [4.69, 9.17) is 9.47 Å². The second-order valence-electron chi connectivity index (χ2n) is 7.46. The summed E-state index contributed by atoms with van der Waals surface area (Å²) in [6.07, 6.45) is -4.10. The molecule has 3 rings (SSSR count). The van der Waals surface area contributed by atoms with Gasteiger partial charge in [-0.2, -0.15) is 0 Å². The highest BCUT2D eigenvalue weighted by Crippen LogP contribution is 2.35. The molecular formula is C25H25F3N2O4. The van der Waals surface area contributed by atoms with Gasteiger partial charge in [-0.15, -0.1) is 13.2 Å². The molecule has 3 aromatic rings. The van der Waals surface area contributed by atoms with Crippen LogP contribution in [-0.4, -0.2) is 23.9 Å². The Morgan fingerprint density at radius 1 is 1.03 bits per heavy atom. The number of aryl methyl sites for hydroxylation is 1. The van der Waals surface area contributed by atoms with Crippen molar-refractivity contribution in [3.05, 3.63) is 77.6 Å². The maximum absolute atomic E-state index is 12.7. The van der Waals surface area contributed by atoms with Gasteiger partial charge in [0.2, 0.25) is 0 Å². The SMILES string of the molecule is CCCOC(C)c1ccc(C(=O)Nc2ccc(Oc3ccccc3OC(F)(F)F)cc2)c(C)n1. The van der Waals surface area contributed by atoms with Crippen LogP contribution in [0.15, 0.2) is 60.7 Å². The van der Waals surface area contributed by atoms with Crippen molar-refractivity contribution in [2.75, 3.05) is 11.9 Å². The zero-order chi connectivity index (χ0) is 24.7. The van der Waals surface area contributed by atoms with Gasteiger partial charge in [0.05, 0.1) is 23.1 Å². The van der Waals surface area contributed by atoms with Gasteiger partial charge in [-0.1, -0.05) is 19.1 Å². The van der Waals surface area contributed by atoms with E-state index >= 15 is 0 Å². The topological polar surface area (TPSA) is 69.7 Å². The van der Waals surface area contributed by atoms with E-state index in [0.29, 0.717) is 23.6 Å². The molecule has 1 atom stereocenters. The van der Waals surface area contributed by atoms with Crippen LogP contribution in [0.2, 0.25) is 0 Å². The predicted molar refractivity (Wildman–Crippen MR) is 121 cm³/mol. The number of alkyl halides is 3. The number of nitrogens with zero attached hydrogens (tertiary/aromatic N) is 1. The van der Waals surface area contributed by atoms with Crippen molar-refractivity contribution in [2.45, 2.75) is 39.7 Å². The molecule has 0 fully saturated rings. The Hall–Kier alpha value is -3.59. The van der Waals surface area contributed by atoms with Crippen LogP contribution in [0.4, 0.5) is 18.9 Å². The summed E-state index contributed by atoms with van der Waals surface area (Å²) in [6, 6.07) is 15.2. The molecule has 1 aromatic heterocycles. The number of pyridine rings is 1. The standard InChI is InChI=1S/C25H25F3N2O4/c1-4-15-32-17(3)21-14-13-20(16(2)29-21)24(31)30-18-9-11-19(12-10-18)33-22-7-5-6-8-23(22)34-25(26,27)28/h5-14,17H,4,15H2,1-3H3,(H,30,31). The van der Waals surface area contributed by atoms with E-state index in [9.17, 15) is 18.0 Å². The number of amides is 1. The van der Waals surface area contributed by atoms with E-state index in [2.05, 4.69) is 15.0 Å². The van der Waals surface area contributed by atoms with Gasteiger partial charge in [0.1, 0.15) is 5.75 Å². The van der Waals surface area contributed by atoms with Crippen LogP contribution in [0.5, 0.6) is 17.2 Å². The van der Waals surface area contributed by atoms with Crippen molar-refractivity contribution in [3.8, 4) is 17.2 Å². The van der Waals surface area contributed by atoms with Gasteiger partial charge in [-0.25, -0.2) is 0 Å². The van der Waals surface area contributed by atoms with Crippen LogP contribution < -0.4 is 14.8 Å². The van der Waals surface area contributed by atoms with Crippen LogP contribution in [0, 0.1) is 6.92 Å². The number of aromatic nitrogens is 1. The first kappa shape index (κ1) is 25.0. The Morgan fingerprint density at radius 3 is 2.32 bits per heavy atom. The highest BCUT2D eigenvalue weighted by molar-refractivity contribution is 6.05. The summed E-state index contributed by atoms with van der Waals surface area (Å²) in [4.78, 5) is 17.2. The maximum atomic E-state index is 12.7. The molecule has 1 N–H and O–H groups in total. The third-order valence-electron chi connectivity index (χ3n) is 4.76. The fourth-order valence-corrected chi connectivity index (χ4v) is 3.10. The number of nitrogens with one attached hydrogen (secondary N) is 1. The molecule has 2 aromatic carbocycles. The van der Waals surface area contributed by atoms with Crippen molar-refractivity contribution >= 4 is 11.6 Å². The number of carbonyl (C=O) groups excluding carboxylic acids is 1. The summed E-state index contributed by atoms with van der Waals surface area (Å²) in [6.45, 7) is 6.32. The molecule has 0 aliphatic carbocycles. The molecule has 0 bridgehead atoms. The Morgan fingerprint density at radius 2 is 1.71 bits per heavy atom. The highest BCUT2D eigenvalue weighted by atomic mass is 19.4. The predicted octanol–water partition coefficient (Wildman–Crippen LogP) is 6.82. The number of carbonyl (C=O) groups is 1. The number of anilines is 1. The molecule has 0 spiro atoms. The van der Waals surface area contributed by atoms with E-state index in [-0.39, 0.29) is 23.5 Å². The lowest BCUT2D eigenvalue weighted by Gasteiger charge is -2.15. The smallest absolute Gasteiger partial charge is 0.453 e. The minimum absolute atomic E-state index is 0.0875. The van der Waals surface area contributed by atoms with Crippen molar-refractivity contribution in [2.24, 2.45) is 0 Å². The van der Waals surface area contributed by atoms with Crippen molar-refractivity contribution < 1.29 is 32.2 Å². The molecule has 6 nitrogen and oxygen atoms in total. The number of hydrogen-bond acceptors (Lipinski definition) is 5. The van der Waals surface area contributed by atoms with Gasteiger partial charge in [0, 0.05) is 12.3 Å². The van der Waals surface area contributed by atoms with E-state index in [1.165, 1.54) is 30.3 Å². The van der Waals surface area contributed by atoms with Gasteiger partial charge in [0.25, 0.3) is 5.91 Å². The Labute approximate surface area is 195 Å². The van der Waals surface area contributed by atoms with Crippen molar-refractivity contribution in [1.82, 2.24) is 4.98 Å². The summed E-state index contributed by atoms with van der Waals surface area (Å²) in [7, 11) is 0. The van der Waals surface area contributed by atoms with Crippen LogP contribution in [0.3, 0.4) is 0 Å². The molecule has 1 amide bonds. The number of para-hydroxylation sites is 2. The fourth-order valence-electron chi connectivity index (χ4n) is 3.10. The van der Waals surface area contributed by atoms with Gasteiger partial charge in [-0.05, 0) is 68.8 Å². The third kappa shape index (κ3) is 6.95. The average molecular weight is 474 g/mol. The fraction of sp³-hybridized carbons (Fsp3) is 0.280. The van der Waals surface area contributed by atoms with E-state index in [1.54, 1.807) is 31.2 Å². The first-order chi connectivity index (χ1) is 16.2. The Kier molecular flexibility index (Phi) is 8.12. The van der Waals surface area contributed by atoms with E-state index in [1.807, 2.05) is 13.8 Å². The molecular weight excluding hydrogens is 449 g/mol. The number of rotatable bonds is 9. The number of halogens is 3. The molecule has 0 aliphatic heterocycles. The van der Waals surface area contributed by atoms with Crippen LogP contribution in [0.1, 0.15) is 48.1 Å². The lowest BCUT2D eigenvalue weighted by Crippen LogP contribution is -2.17. The molecule has 9 heteroatoms. The summed E-state index contributed by atoms with van der Waals surface area (Å²) in [5, 5.41) is 2.78. The third-order valence-corrected chi connectivity index (χ3v) is 4.76. The first-order valence-electron chi connectivity index (χ1n) is 10.7. The Balaban J connectivity index is 1.66. The average Bonchev–Trinajstić information content (AvgIpc) is 2.79. The summed E-state index contributed by atoms with van der Waals surface area (Å²) in [5.74, 6) is -0.598. The Bertz CT molecular complexity index is 1120. The van der Waals surface area contributed by atoms with E-state index in [0.717, 1.165) is 18.2 Å². The quantitative estimate of drug-likeness (QED) is 0.368. The number of ether oxygens (including phenoxy) is 3. The molecule has 180 valence electrons. The number of hydrogen-bond donors (Lipinski definition) is 1.